The maximum absolute atomic E-state index is 12.4. The number of anilines is 1. The van der Waals surface area contributed by atoms with Crippen molar-refractivity contribution in [2.45, 2.75) is 75.9 Å². The van der Waals surface area contributed by atoms with Crippen LogP contribution in [0.25, 0.3) is 5.65 Å². The van der Waals surface area contributed by atoms with Gasteiger partial charge in [0, 0.05) is 6.54 Å². The second kappa shape index (κ2) is 25.0. The Morgan fingerprint density at radius 1 is 0.672 bits per heavy atom. The first kappa shape index (κ1) is 53.1. The number of nitrogens with zero attached hydrogens (tertiary/aromatic N) is 5. The molecule has 13 heteroatoms. The van der Waals surface area contributed by atoms with E-state index < -0.39 is 16.6 Å². The first-order valence-electron chi connectivity index (χ1n) is 23.7. The first-order valence-corrected chi connectivity index (χ1v) is 23.7. The molecule has 4 aromatic carbocycles. The summed E-state index contributed by atoms with van der Waals surface area (Å²) in [7, 11) is 0. The number of rotatable bonds is 17. The summed E-state index contributed by atoms with van der Waals surface area (Å²) in [5.74, 6) is 0.864. The molecule has 0 bridgehead atoms. The standard InChI is InChI=1S/C33H41N5O3.C21H28N2O.2ClH/c1-4-41-31(39)32(2,3)28-24-38-30(35-28)17-16-29(36-38)34-20-11-21-37-22-18-27(19-23-37)33(40,25-12-7-5-8-13-25)26-14-9-6-10-15-26;22-14-7-15-23-16-12-20(13-17-23)21(24,18-8-3-1-4-9-18)19-10-5-2-6-11-19;;/h5-10,12-17,24,27,40H,4,11,18-23H2,1-3H3,(H,34,36);1-6,8-11,20,24H,7,12-17,22H2;2*1H. The number of nitrogens with two attached hydrogens (primary N) is 1. The number of esters is 1. The van der Waals surface area contributed by atoms with Crippen molar-refractivity contribution >= 4 is 42.2 Å². The zero-order valence-electron chi connectivity index (χ0n) is 39.4. The summed E-state index contributed by atoms with van der Waals surface area (Å²) in [5, 5.41) is 32.0. The molecule has 8 rings (SSSR count). The number of hydrogen-bond acceptors (Lipinski definition) is 10. The summed E-state index contributed by atoms with van der Waals surface area (Å²) in [6.45, 7) is 13.4. The lowest BCUT2D eigenvalue weighted by atomic mass is 9.72. The SMILES string of the molecule is CCOC(=O)C(C)(C)c1cn2nc(NCCCN3CCC(C(O)(c4ccccc4)c4ccccc4)CC3)ccc2n1.Cl.Cl.NCCCN1CCC(C(O)(c2ccccc2)c2ccccc2)CC1. The fraction of sp³-hybridized carbons (Fsp3) is 0.426. The van der Waals surface area contributed by atoms with E-state index in [2.05, 4.69) is 25.2 Å². The van der Waals surface area contributed by atoms with Gasteiger partial charge in [0.1, 0.15) is 22.4 Å². The average molecular weight is 953 g/mol. The number of benzene rings is 4. The molecule has 2 aromatic heterocycles. The largest absolute Gasteiger partial charge is 0.465 e. The van der Waals surface area contributed by atoms with Gasteiger partial charge in [-0.2, -0.15) is 0 Å². The predicted octanol–water partition coefficient (Wildman–Crippen LogP) is 8.85. The van der Waals surface area contributed by atoms with E-state index in [1.807, 2.05) is 147 Å². The molecular formula is C54H71Cl2N7O4. The van der Waals surface area contributed by atoms with Crippen molar-refractivity contribution in [2.75, 3.05) is 64.3 Å². The van der Waals surface area contributed by atoms with Crippen LogP contribution in [0, 0.1) is 11.8 Å². The minimum atomic E-state index is -0.987. The van der Waals surface area contributed by atoms with Crippen molar-refractivity contribution in [3.05, 3.63) is 168 Å². The number of imidazole rings is 1. The third kappa shape index (κ3) is 12.6. The topological polar surface area (TPSA) is 141 Å². The molecule has 0 radical (unpaired) electrons. The zero-order chi connectivity index (χ0) is 45.7. The third-order valence-corrected chi connectivity index (χ3v) is 13.6. The van der Waals surface area contributed by atoms with Crippen LogP contribution in [0.1, 0.15) is 87.2 Å². The van der Waals surface area contributed by atoms with E-state index in [0.717, 1.165) is 119 Å². The number of piperidine rings is 2. The van der Waals surface area contributed by atoms with Gasteiger partial charge in [0.2, 0.25) is 0 Å². The summed E-state index contributed by atoms with van der Waals surface area (Å²) in [6, 6.07) is 44.3. The van der Waals surface area contributed by atoms with E-state index in [0.29, 0.717) is 17.9 Å². The molecule has 0 amide bonds. The number of aliphatic hydroxyl groups is 2. The van der Waals surface area contributed by atoms with Gasteiger partial charge in [-0.05, 0) is 151 Å². The van der Waals surface area contributed by atoms with Crippen LogP contribution in [-0.4, -0.2) is 99.5 Å². The van der Waals surface area contributed by atoms with Gasteiger partial charge in [-0.15, -0.1) is 29.9 Å². The molecule has 2 saturated heterocycles. The summed E-state index contributed by atoms with van der Waals surface area (Å²) in [6.07, 6.45) is 7.72. The van der Waals surface area contributed by atoms with E-state index >= 15 is 0 Å². The molecule has 6 aromatic rings. The monoisotopic (exact) mass is 951 g/mol. The summed E-state index contributed by atoms with van der Waals surface area (Å²) >= 11 is 0. The maximum Gasteiger partial charge on any atom is 0.317 e. The molecule has 0 aliphatic carbocycles. The van der Waals surface area contributed by atoms with Crippen LogP contribution in [0.2, 0.25) is 0 Å². The van der Waals surface area contributed by atoms with Gasteiger partial charge in [-0.1, -0.05) is 121 Å². The Balaban J connectivity index is 0.000000276. The normalized spacial score (nSPS) is 15.4. The summed E-state index contributed by atoms with van der Waals surface area (Å²) in [4.78, 5) is 21.9. The van der Waals surface area contributed by atoms with E-state index in [4.69, 9.17) is 10.5 Å². The highest BCUT2D eigenvalue weighted by Crippen LogP contribution is 2.43. The zero-order valence-corrected chi connectivity index (χ0v) is 41.0. The lowest BCUT2D eigenvalue weighted by molar-refractivity contribution is -0.148. The number of ether oxygens (including phenoxy) is 1. The molecule has 2 aliphatic heterocycles. The van der Waals surface area contributed by atoms with Crippen LogP contribution < -0.4 is 11.1 Å². The fourth-order valence-electron chi connectivity index (χ4n) is 9.72. The number of likely N-dealkylation sites (tertiary alicyclic amines) is 2. The Hall–Kier alpha value is -4.85. The highest BCUT2D eigenvalue weighted by Gasteiger charge is 2.43. The Morgan fingerprint density at radius 3 is 1.49 bits per heavy atom. The van der Waals surface area contributed by atoms with Gasteiger partial charge in [-0.3, -0.25) is 4.79 Å². The Morgan fingerprint density at radius 2 is 1.09 bits per heavy atom. The molecule has 0 unspecified atom stereocenters. The van der Waals surface area contributed by atoms with Crippen molar-refractivity contribution in [3.8, 4) is 0 Å². The van der Waals surface area contributed by atoms with Gasteiger partial charge in [-0.25, -0.2) is 9.50 Å². The van der Waals surface area contributed by atoms with Crippen LogP contribution in [0.15, 0.2) is 140 Å². The number of halogens is 2. The quantitative estimate of drug-likeness (QED) is 0.0518. The number of hydrogen-bond donors (Lipinski definition) is 4. The predicted molar refractivity (Wildman–Crippen MR) is 274 cm³/mol. The van der Waals surface area contributed by atoms with E-state index in [1.54, 1.807) is 17.6 Å². The molecule has 2 fully saturated rings. The maximum atomic E-state index is 12.4. The van der Waals surface area contributed by atoms with Gasteiger partial charge in [0.15, 0.2) is 5.65 Å². The number of carbonyl (C=O) groups is 1. The average Bonchev–Trinajstić information content (AvgIpc) is 3.81. The number of fused-ring (bicyclic) bond motifs is 1. The fourth-order valence-corrected chi connectivity index (χ4v) is 9.72. The van der Waals surface area contributed by atoms with Crippen LogP contribution in [0.5, 0.6) is 0 Å². The summed E-state index contributed by atoms with van der Waals surface area (Å²) < 4.78 is 6.93. The minimum absolute atomic E-state index is 0. The molecule has 11 nitrogen and oxygen atoms in total. The van der Waals surface area contributed by atoms with Crippen LogP contribution in [0.3, 0.4) is 0 Å². The Bertz CT molecular complexity index is 2280. The molecular weight excluding hydrogens is 882 g/mol. The molecule has 0 atom stereocenters. The van der Waals surface area contributed by atoms with Crippen molar-refractivity contribution in [1.29, 1.82) is 0 Å². The van der Waals surface area contributed by atoms with Crippen molar-refractivity contribution < 1.29 is 19.7 Å². The number of nitrogens with one attached hydrogen (secondary N) is 1. The third-order valence-electron chi connectivity index (χ3n) is 13.6. The van der Waals surface area contributed by atoms with Gasteiger partial charge in [0.05, 0.1) is 18.5 Å². The minimum Gasteiger partial charge on any atom is -0.465 e. The van der Waals surface area contributed by atoms with Crippen molar-refractivity contribution in [1.82, 2.24) is 24.4 Å². The van der Waals surface area contributed by atoms with Gasteiger partial charge in [0.25, 0.3) is 0 Å². The molecule has 2 aliphatic rings. The Kier molecular flexibility index (Phi) is 19.8. The molecule has 5 N–H and O–H groups in total. The second-order valence-electron chi connectivity index (χ2n) is 18.1. The molecule has 4 heterocycles. The second-order valence-corrected chi connectivity index (χ2v) is 18.1. The van der Waals surface area contributed by atoms with E-state index in [-0.39, 0.29) is 42.6 Å². The smallest absolute Gasteiger partial charge is 0.317 e. The molecule has 0 spiro atoms. The van der Waals surface area contributed by atoms with Crippen LogP contribution in [-0.2, 0) is 26.1 Å². The highest BCUT2D eigenvalue weighted by molar-refractivity contribution is 5.85. The van der Waals surface area contributed by atoms with Gasteiger partial charge < -0.3 is 35.8 Å². The first-order chi connectivity index (χ1) is 31.6. The van der Waals surface area contributed by atoms with E-state index in [1.165, 1.54) is 0 Å². The molecule has 0 saturated carbocycles. The lowest BCUT2D eigenvalue weighted by Gasteiger charge is -2.42. The van der Waals surface area contributed by atoms with E-state index in [9.17, 15) is 15.0 Å². The molecule has 360 valence electrons. The number of carbonyl (C=O) groups excluding carboxylic acids is 1. The van der Waals surface area contributed by atoms with Crippen molar-refractivity contribution in [3.63, 3.8) is 0 Å². The highest BCUT2D eigenvalue weighted by atomic mass is 35.5. The van der Waals surface area contributed by atoms with Crippen LogP contribution >= 0.6 is 24.8 Å². The summed E-state index contributed by atoms with van der Waals surface area (Å²) in [5.41, 5.74) is 8.13. The number of aromatic nitrogens is 3. The Labute approximate surface area is 410 Å². The molecule has 67 heavy (non-hydrogen) atoms. The van der Waals surface area contributed by atoms with Crippen LogP contribution in [0.4, 0.5) is 5.82 Å². The lowest BCUT2D eigenvalue weighted by Crippen LogP contribution is -2.44. The van der Waals surface area contributed by atoms with Gasteiger partial charge >= 0.3 is 5.97 Å². The van der Waals surface area contributed by atoms with Crippen molar-refractivity contribution in [2.24, 2.45) is 17.6 Å².